The average molecular weight is 360 g/mol. The normalized spacial score (nSPS) is 12.5. The third kappa shape index (κ3) is 3.30. The zero-order chi connectivity index (χ0) is 14.2. The summed E-state index contributed by atoms with van der Waals surface area (Å²) in [5.74, 6) is 0. The number of halogens is 2. The van der Waals surface area contributed by atoms with E-state index in [9.17, 15) is 0 Å². The number of hydrogen-bond acceptors (Lipinski definition) is 3. The Morgan fingerprint density at radius 2 is 2.00 bits per heavy atom. The summed E-state index contributed by atoms with van der Waals surface area (Å²) >= 11 is 11.5. The Labute approximate surface area is 131 Å². The molecular weight excluding hydrogens is 344 g/mol. The molecule has 0 bridgehead atoms. The summed E-state index contributed by atoms with van der Waals surface area (Å²) in [5.41, 5.74) is 3.16. The standard InChI is InChI=1S/C14H16BrClN2S/c1-7-5-11(15)13(6-12(7)16)17-8(2)14-9(3)19-10(4)18-14/h5-6,8,17H,1-4H3. The van der Waals surface area contributed by atoms with Crippen LogP contribution >= 0.6 is 38.9 Å². The van der Waals surface area contributed by atoms with Gasteiger partial charge >= 0.3 is 0 Å². The molecule has 2 nitrogen and oxygen atoms in total. The molecule has 1 atom stereocenters. The van der Waals surface area contributed by atoms with E-state index in [0.29, 0.717) is 0 Å². The fraction of sp³-hybridized carbons (Fsp3) is 0.357. The van der Waals surface area contributed by atoms with Crippen molar-refractivity contribution >= 4 is 44.6 Å². The highest BCUT2D eigenvalue weighted by molar-refractivity contribution is 9.10. The second-order valence-electron chi connectivity index (χ2n) is 4.62. The summed E-state index contributed by atoms with van der Waals surface area (Å²) in [6.07, 6.45) is 0. The van der Waals surface area contributed by atoms with Crippen LogP contribution < -0.4 is 5.32 Å². The first-order chi connectivity index (χ1) is 8.88. The van der Waals surface area contributed by atoms with E-state index in [2.05, 4.69) is 40.1 Å². The Bertz CT molecular complexity index is 610. The smallest absolute Gasteiger partial charge is 0.0901 e. The van der Waals surface area contributed by atoms with E-state index in [1.165, 1.54) is 4.88 Å². The SMILES string of the molecule is Cc1nc(C(C)Nc2cc(Cl)c(C)cc2Br)c(C)s1. The number of aromatic nitrogens is 1. The maximum atomic E-state index is 6.18. The van der Waals surface area contributed by atoms with Gasteiger partial charge in [-0.3, -0.25) is 0 Å². The number of thiazole rings is 1. The molecule has 1 aromatic heterocycles. The van der Waals surface area contributed by atoms with Crippen LogP contribution in [0.25, 0.3) is 0 Å². The summed E-state index contributed by atoms with van der Waals surface area (Å²) < 4.78 is 1.02. The van der Waals surface area contributed by atoms with Gasteiger partial charge in [-0.15, -0.1) is 11.3 Å². The van der Waals surface area contributed by atoms with E-state index in [0.717, 1.165) is 31.4 Å². The van der Waals surface area contributed by atoms with Gasteiger partial charge in [0.2, 0.25) is 0 Å². The van der Waals surface area contributed by atoms with Gasteiger partial charge in [0.05, 0.1) is 22.4 Å². The van der Waals surface area contributed by atoms with E-state index < -0.39 is 0 Å². The number of anilines is 1. The molecule has 2 aromatic rings. The lowest BCUT2D eigenvalue weighted by Gasteiger charge is -2.16. The monoisotopic (exact) mass is 358 g/mol. The van der Waals surface area contributed by atoms with Crippen molar-refractivity contribution in [3.63, 3.8) is 0 Å². The maximum Gasteiger partial charge on any atom is 0.0901 e. The van der Waals surface area contributed by atoms with Crippen LogP contribution in [-0.4, -0.2) is 4.98 Å². The van der Waals surface area contributed by atoms with Gasteiger partial charge in [-0.05, 0) is 61.3 Å². The Morgan fingerprint density at radius 3 is 2.58 bits per heavy atom. The third-order valence-electron chi connectivity index (χ3n) is 2.97. The number of nitrogens with one attached hydrogen (secondary N) is 1. The summed E-state index contributed by atoms with van der Waals surface area (Å²) in [7, 11) is 0. The first-order valence-electron chi connectivity index (χ1n) is 6.04. The number of nitrogens with zero attached hydrogens (tertiary/aromatic N) is 1. The van der Waals surface area contributed by atoms with Crippen LogP contribution in [0.1, 0.15) is 34.1 Å². The second kappa shape index (κ2) is 5.81. The van der Waals surface area contributed by atoms with Gasteiger partial charge in [0.1, 0.15) is 0 Å². The Hall–Kier alpha value is -0.580. The summed E-state index contributed by atoms with van der Waals surface area (Å²) in [4.78, 5) is 5.84. The number of hydrogen-bond donors (Lipinski definition) is 1. The van der Waals surface area contributed by atoms with Crippen molar-refractivity contribution < 1.29 is 0 Å². The molecule has 5 heteroatoms. The van der Waals surface area contributed by atoms with Crippen LogP contribution in [-0.2, 0) is 0 Å². The minimum absolute atomic E-state index is 0.153. The molecule has 0 aliphatic heterocycles. The van der Waals surface area contributed by atoms with Crippen LogP contribution in [0.15, 0.2) is 16.6 Å². The van der Waals surface area contributed by atoms with Crippen molar-refractivity contribution in [2.75, 3.05) is 5.32 Å². The zero-order valence-corrected chi connectivity index (χ0v) is 14.5. The van der Waals surface area contributed by atoms with Crippen molar-refractivity contribution in [1.29, 1.82) is 0 Å². The molecule has 0 aliphatic rings. The Morgan fingerprint density at radius 1 is 1.32 bits per heavy atom. The van der Waals surface area contributed by atoms with Gasteiger partial charge < -0.3 is 5.32 Å². The zero-order valence-electron chi connectivity index (χ0n) is 11.3. The molecule has 0 aliphatic carbocycles. The van der Waals surface area contributed by atoms with Crippen LogP contribution in [0.2, 0.25) is 5.02 Å². The topological polar surface area (TPSA) is 24.9 Å². The molecule has 0 saturated heterocycles. The van der Waals surface area contributed by atoms with Gasteiger partial charge in [-0.2, -0.15) is 0 Å². The van der Waals surface area contributed by atoms with Crippen LogP contribution in [0.4, 0.5) is 5.69 Å². The minimum atomic E-state index is 0.153. The number of aryl methyl sites for hydroxylation is 3. The van der Waals surface area contributed by atoms with Crippen LogP contribution in [0.5, 0.6) is 0 Å². The molecule has 19 heavy (non-hydrogen) atoms. The Balaban J connectivity index is 2.26. The molecule has 0 spiro atoms. The molecule has 0 radical (unpaired) electrons. The fourth-order valence-corrected chi connectivity index (χ4v) is 3.66. The molecule has 0 saturated carbocycles. The third-order valence-corrected chi connectivity index (χ3v) is 4.94. The molecule has 0 amide bonds. The van der Waals surface area contributed by atoms with Crippen molar-refractivity contribution in [2.24, 2.45) is 0 Å². The molecule has 2 rings (SSSR count). The van der Waals surface area contributed by atoms with E-state index in [-0.39, 0.29) is 6.04 Å². The Kier molecular flexibility index (Phi) is 4.54. The van der Waals surface area contributed by atoms with Gasteiger partial charge in [0, 0.05) is 14.4 Å². The highest BCUT2D eigenvalue weighted by Crippen LogP contribution is 2.32. The predicted molar refractivity (Wildman–Crippen MR) is 87.5 cm³/mol. The first kappa shape index (κ1) is 14.8. The minimum Gasteiger partial charge on any atom is -0.376 e. The van der Waals surface area contributed by atoms with Gasteiger partial charge in [0.15, 0.2) is 0 Å². The quantitative estimate of drug-likeness (QED) is 0.765. The second-order valence-corrected chi connectivity index (χ2v) is 7.29. The molecule has 1 N–H and O–H groups in total. The molecule has 1 unspecified atom stereocenters. The lowest BCUT2D eigenvalue weighted by atomic mass is 10.2. The van der Waals surface area contributed by atoms with E-state index >= 15 is 0 Å². The van der Waals surface area contributed by atoms with Crippen molar-refractivity contribution in [2.45, 2.75) is 33.7 Å². The van der Waals surface area contributed by atoms with Crippen LogP contribution in [0, 0.1) is 20.8 Å². The molecule has 102 valence electrons. The summed E-state index contributed by atoms with van der Waals surface area (Å²) in [6, 6.07) is 4.13. The summed E-state index contributed by atoms with van der Waals surface area (Å²) in [6.45, 7) is 8.25. The number of rotatable bonds is 3. The van der Waals surface area contributed by atoms with E-state index in [4.69, 9.17) is 11.6 Å². The molecule has 1 aromatic carbocycles. The largest absolute Gasteiger partial charge is 0.376 e. The van der Waals surface area contributed by atoms with E-state index in [1.54, 1.807) is 11.3 Å². The molecule has 1 heterocycles. The van der Waals surface area contributed by atoms with Crippen LogP contribution in [0.3, 0.4) is 0 Å². The predicted octanol–water partition coefficient (Wildman–Crippen LogP) is 5.66. The lowest BCUT2D eigenvalue weighted by molar-refractivity contribution is 0.836. The highest BCUT2D eigenvalue weighted by atomic mass is 79.9. The van der Waals surface area contributed by atoms with Gasteiger partial charge in [-0.1, -0.05) is 11.6 Å². The lowest BCUT2D eigenvalue weighted by Crippen LogP contribution is -2.09. The average Bonchev–Trinajstić information content (AvgIpc) is 2.65. The highest BCUT2D eigenvalue weighted by Gasteiger charge is 2.14. The van der Waals surface area contributed by atoms with Gasteiger partial charge in [-0.25, -0.2) is 4.98 Å². The van der Waals surface area contributed by atoms with Crippen molar-refractivity contribution in [1.82, 2.24) is 4.98 Å². The molecular formula is C14H16BrClN2S. The van der Waals surface area contributed by atoms with Crippen molar-refractivity contribution in [3.8, 4) is 0 Å². The maximum absolute atomic E-state index is 6.18. The van der Waals surface area contributed by atoms with E-state index in [1.807, 2.05) is 26.0 Å². The first-order valence-corrected chi connectivity index (χ1v) is 8.03. The van der Waals surface area contributed by atoms with Crippen molar-refractivity contribution in [3.05, 3.63) is 42.8 Å². The number of benzene rings is 1. The van der Waals surface area contributed by atoms with Gasteiger partial charge in [0.25, 0.3) is 0 Å². The summed E-state index contributed by atoms with van der Waals surface area (Å²) in [5, 5.41) is 5.33. The fourth-order valence-electron chi connectivity index (χ4n) is 2.01. The molecule has 0 fully saturated rings.